The van der Waals surface area contributed by atoms with Crippen LogP contribution in [-0.4, -0.2) is 56.2 Å². The fourth-order valence-corrected chi connectivity index (χ4v) is 2.94. The minimum absolute atomic E-state index is 0. The smallest absolute Gasteiger partial charge is 0.239 e. The van der Waals surface area contributed by atoms with E-state index in [9.17, 15) is 4.79 Å². The molecule has 0 radical (unpaired) electrons. The van der Waals surface area contributed by atoms with E-state index < -0.39 is 0 Å². The van der Waals surface area contributed by atoms with Crippen LogP contribution in [0, 0.1) is 0 Å². The zero-order chi connectivity index (χ0) is 14.5. The number of morpholine rings is 1. The second-order valence-corrected chi connectivity index (χ2v) is 5.67. The summed E-state index contributed by atoms with van der Waals surface area (Å²) in [6.45, 7) is 5.56. The zero-order valence-corrected chi connectivity index (χ0v) is 14.8. The summed E-state index contributed by atoms with van der Waals surface area (Å²) >= 11 is 0. The van der Waals surface area contributed by atoms with Gasteiger partial charge in [-0.05, 0) is 17.5 Å². The lowest BCUT2D eigenvalue weighted by Gasteiger charge is -2.29. The van der Waals surface area contributed by atoms with E-state index in [1.54, 1.807) is 0 Å². The van der Waals surface area contributed by atoms with Gasteiger partial charge in [0, 0.05) is 32.7 Å². The van der Waals surface area contributed by atoms with Crippen molar-refractivity contribution in [1.82, 2.24) is 15.5 Å². The summed E-state index contributed by atoms with van der Waals surface area (Å²) in [5, 5.41) is 6.17. The molecular formula is C16H25Cl2N3O2. The van der Waals surface area contributed by atoms with Gasteiger partial charge in [-0.15, -0.1) is 24.8 Å². The first-order valence-electron chi connectivity index (χ1n) is 7.71. The maximum Gasteiger partial charge on any atom is 0.239 e. The Hall–Kier alpha value is -0.850. The van der Waals surface area contributed by atoms with Crippen molar-refractivity contribution in [1.29, 1.82) is 0 Å². The number of hydrogen-bond donors (Lipinski definition) is 2. The second kappa shape index (κ2) is 10.1. The molecule has 1 aromatic carbocycles. The molecule has 130 valence electrons. The van der Waals surface area contributed by atoms with Crippen LogP contribution in [0.15, 0.2) is 24.3 Å². The van der Waals surface area contributed by atoms with E-state index in [0.29, 0.717) is 19.8 Å². The molecule has 5 nitrogen and oxygen atoms in total. The molecule has 1 aromatic rings. The van der Waals surface area contributed by atoms with Gasteiger partial charge < -0.3 is 15.4 Å². The number of carbonyl (C=O) groups is 1. The number of rotatable bonds is 4. The quantitative estimate of drug-likeness (QED) is 0.839. The fraction of sp³-hybridized carbons (Fsp3) is 0.562. The third kappa shape index (κ3) is 5.62. The number of halogens is 2. The highest BCUT2D eigenvalue weighted by atomic mass is 35.5. The number of carbonyl (C=O) groups excluding carboxylic acids is 1. The van der Waals surface area contributed by atoms with Crippen LogP contribution in [0.4, 0.5) is 0 Å². The molecule has 2 aliphatic rings. The van der Waals surface area contributed by atoms with Crippen LogP contribution < -0.4 is 10.6 Å². The van der Waals surface area contributed by atoms with Crippen molar-refractivity contribution >= 4 is 30.7 Å². The lowest BCUT2D eigenvalue weighted by atomic mass is 10.00. The maximum absolute atomic E-state index is 12.0. The Kier molecular flexibility index (Phi) is 8.87. The molecule has 0 saturated carbocycles. The van der Waals surface area contributed by atoms with Crippen LogP contribution in [0.2, 0.25) is 0 Å². The van der Waals surface area contributed by atoms with Gasteiger partial charge in [-0.25, -0.2) is 0 Å². The van der Waals surface area contributed by atoms with Crippen LogP contribution >= 0.6 is 24.8 Å². The van der Waals surface area contributed by atoms with Crippen molar-refractivity contribution in [2.24, 2.45) is 0 Å². The number of benzene rings is 1. The number of fused-ring (bicyclic) bond motifs is 1. The molecule has 7 heteroatoms. The van der Waals surface area contributed by atoms with Gasteiger partial charge in [0.1, 0.15) is 6.04 Å². The van der Waals surface area contributed by atoms with Crippen molar-refractivity contribution in [3.63, 3.8) is 0 Å². The molecular weight excluding hydrogens is 337 g/mol. The summed E-state index contributed by atoms with van der Waals surface area (Å²) in [5.74, 6) is 0.0482. The largest absolute Gasteiger partial charge is 0.378 e. The van der Waals surface area contributed by atoms with Gasteiger partial charge in [-0.2, -0.15) is 0 Å². The highest BCUT2D eigenvalue weighted by Crippen LogP contribution is 2.17. The van der Waals surface area contributed by atoms with Gasteiger partial charge in [0.2, 0.25) is 5.91 Å². The Morgan fingerprint density at radius 1 is 1.30 bits per heavy atom. The predicted molar refractivity (Wildman–Crippen MR) is 95.5 cm³/mol. The van der Waals surface area contributed by atoms with Gasteiger partial charge in [0.05, 0.1) is 13.2 Å². The van der Waals surface area contributed by atoms with Gasteiger partial charge in [0.15, 0.2) is 0 Å². The molecule has 2 heterocycles. The topological polar surface area (TPSA) is 53.6 Å². The van der Waals surface area contributed by atoms with Crippen molar-refractivity contribution < 1.29 is 9.53 Å². The molecule has 0 bridgehead atoms. The van der Waals surface area contributed by atoms with Crippen molar-refractivity contribution in [2.45, 2.75) is 19.0 Å². The van der Waals surface area contributed by atoms with E-state index >= 15 is 0 Å². The molecule has 3 rings (SSSR count). The van der Waals surface area contributed by atoms with Gasteiger partial charge >= 0.3 is 0 Å². The third-order valence-corrected chi connectivity index (χ3v) is 4.18. The Morgan fingerprint density at radius 2 is 2.09 bits per heavy atom. The molecule has 1 unspecified atom stereocenters. The predicted octanol–water partition coefficient (Wildman–Crippen LogP) is 0.993. The number of nitrogens with one attached hydrogen (secondary N) is 2. The Balaban J connectivity index is 0.00000132. The Bertz CT molecular complexity index is 496. The summed E-state index contributed by atoms with van der Waals surface area (Å²) in [7, 11) is 0. The number of hydrogen-bond acceptors (Lipinski definition) is 4. The van der Waals surface area contributed by atoms with Crippen molar-refractivity contribution in [3.8, 4) is 0 Å². The highest BCUT2D eigenvalue weighted by Gasteiger charge is 2.21. The van der Waals surface area contributed by atoms with Crippen LogP contribution in [0.5, 0.6) is 0 Å². The summed E-state index contributed by atoms with van der Waals surface area (Å²) in [4.78, 5) is 14.4. The molecule has 0 spiro atoms. The first-order valence-corrected chi connectivity index (χ1v) is 7.71. The third-order valence-electron chi connectivity index (χ3n) is 4.18. The summed E-state index contributed by atoms with van der Waals surface area (Å²) in [5.41, 5.74) is 2.87. The lowest BCUT2D eigenvalue weighted by Crippen LogP contribution is -2.52. The van der Waals surface area contributed by atoms with E-state index in [1.165, 1.54) is 11.1 Å². The molecule has 0 aliphatic carbocycles. The summed E-state index contributed by atoms with van der Waals surface area (Å²) in [6.07, 6.45) is 1.10. The van der Waals surface area contributed by atoms with Crippen molar-refractivity contribution in [3.05, 3.63) is 35.4 Å². The SMILES string of the molecule is Cl.Cl.O=C(NCCN1CCc2ccccc2C1)C1COCCN1. The maximum atomic E-state index is 12.0. The average Bonchev–Trinajstić information content (AvgIpc) is 2.55. The van der Waals surface area contributed by atoms with Gasteiger partial charge in [-0.1, -0.05) is 24.3 Å². The molecule has 1 atom stereocenters. The minimum atomic E-state index is -0.194. The fourth-order valence-electron chi connectivity index (χ4n) is 2.94. The van der Waals surface area contributed by atoms with Crippen LogP contribution in [-0.2, 0) is 22.5 Å². The van der Waals surface area contributed by atoms with Crippen LogP contribution in [0.1, 0.15) is 11.1 Å². The lowest BCUT2D eigenvalue weighted by molar-refractivity contribution is -0.125. The monoisotopic (exact) mass is 361 g/mol. The van der Waals surface area contributed by atoms with E-state index in [1.807, 2.05) is 0 Å². The standard InChI is InChI=1S/C16H23N3O2.2ClH/c20-16(15-12-21-10-7-17-15)18-6-9-19-8-5-13-3-1-2-4-14(13)11-19;;/h1-4,15,17H,5-12H2,(H,18,20);2*1H. The Morgan fingerprint density at radius 3 is 2.83 bits per heavy atom. The van der Waals surface area contributed by atoms with Crippen molar-refractivity contribution in [2.75, 3.05) is 39.4 Å². The van der Waals surface area contributed by atoms with E-state index in [4.69, 9.17) is 4.74 Å². The molecule has 23 heavy (non-hydrogen) atoms. The van der Waals surface area contributed by atoms with E-state index in [-0.39, 0.29) is 36.8 Å². The molecule has 2 aliphatic heterocycles. The molecule has 1 saturated heterocycles. The first kappa shape index (κ1) is 20.2. The van der Waals surface area contributed by atoms with E-state index in [0.717, 1.165) is 32.6 Å². The van der Waals surface area contributed by atoms with Gasteiger partial charge in [0.25, 0.3) is 0 Å². The average molecular weight is 362 g/mol. The second-order valence-electron chi connectivity index (χ2n) is 5.67. The highest BCUT2D eigenvalue weighted by molar-refractivity contribution is 5.85. The normalized spacial score (nSPS) is 20.6. The zero-order valence-electron chi connectivity index (χ0n) is 13.1. The van der Waals surface area contributed by atoms with Crippen LogP contribution in [0.3, 0.4) is 0 Å². The Labute approximate surface area is 150 Å². The van der Waals surface area contributed by atoms with Gasteiger partial charge in [-0.3, -0.25) is 9.69 Å². The molecule has 1 amide bonds. The number of nitrogens with zero attached hydrogens (tertiary/aromatic N) is 1. The summed E-state index contributed by atoms with van der Waals surface area (Å²) < 4.78 is 5.30. The molecule has 0 aromatic heterocycles. The number of ether oxygens (including phenoxy) is 1. The number of amides is 1. The molecule has 2 N–H and O–H groups in total. The van der Waals surface area contributed by atoms with E-state index in [2.05, 4.69) is 39.8 Å². The molecule has 1 fully saturated rings. The van der Waals surface area contributed by atoms with Crippen LogP contribution in [0.25, 0.3) is 0 Å². The minimum Gasteiger partial charge on any atom is -0.378 e. The summed E-state index contributed by atoms with van der Waals surface area (Å²) in [6, 6.07) is 8.42. The first-order chi connectivity index (χ1) is 10.3.